The van der Waals surface area contributed by atoms with Crippen molar-refractivity contribution in [3.05, 3.63) is 47.1 Å². The van der Waals surface area contributed by atoms with Crippen LogP contribution in [0.25, 0.3) is 11.2 Å². The second-order valence-corrected chi connectivity index (χ2v) is 4.36. The number of H-pyrrole nitrogens is 1. The smallest absolute Gasteiger partial charge is 0.308 e. The third-order valence-corrected chi connectivity index (χ3v) is 2.95. The molecule has 3 N–H and O–H groups in total. The third-order valence-electron chi connectivity index (χ3n) is 2.95. The first-order chi connectivity index (χ1) is 10.1. The summed E-state index contributed by atoms with van der Waals surface area (Å²) in [6.45, 7) is 0. The summed E-state index contributed by atoms with van der Waals surface area (Å²) >= 11 is 0. The van der Waals surface area contributed by atoms with Crippen molar-refractivity contribution < 1.29 is 4.79 Å². The number of nitrogens with one attached hydrogen (secondary N) is 3. The number of anilines is 2. The number of hydrogen-bond donors (Lipinski definition) is 3. The largest absolute Gasteiger partial charge is 0.327 e. The molecule has 0 aliphatic heterocycles. The molecule has 0 aliphatic rings. The maximum atomic E-state index is 11.9. The predicted octanol–water partition coefficient (Wildman–Crippen LogP) is 1.30. The van der Waals surface area contributed by atoms with Crippen LogP contribution in [0.4, 0.5) is 16.3 Å². The first-order valence-corrected chi connectivity index (χ1v) is 6.18. The van der Waals surface area contributed by atoms with Gasteiger partial charge in [0, 0.05) is 12.7 Å². The number of hydrogen-bond acceptors (Lipinski definition) is 4. The van der Waals surface area contributed by atoms with E-state index in [4.69, 9.17) is 0 Å². The van der Waals surface area contributed by atoms with Crippen molar-refractivity contribution in [2.45, 2.75) is 0 Å². The van der Waals surface area contributed by atoms with Gasteiger partial charge in [-0.2, -0.15) is 0 Å². The molecule has 1 aromatic carbocycles. The number of fused-ring (bicyclic) bond motifs is 1. The van der Waals surface area contributed by atoms with Gasteiger partial charge in [0.2, 0.25) is 0 Å². The number of aryl methyl sites for hydroxylation is 1. The lowest BCUT2D eigenvalue weighted by Crippen LogP contribution is -2.20. The molecule has 2 aromatic heterocycles. The fraction of sp³-hybridized carbons (Fsp3) is 0.0769. The standard InChI is InChI=1S/C13H12N6O2/c1-19-11-9(17-13(19)21)10(14-7-15-11)18-12(20)16-8-5-3-2-4-6-8/h2-7H,1H3,(H,17,21)(H2,14,15,16,18,20). The summed E-state index contributed by atoms with van der Waals surface area (Å²) in [6, 6.07) is 8.55. The lowest BCUT2D eigenvalue weighted by Gasteiger charge is -2.07. The van der Waals surface area contributed by atoms with Crippen molar-refractivity contribution in [1.29, 1.82) is 0 Å². The molecule has 3 rings (SSSR count). The van der Waals surface area contributed by atoms with Gasteiger partial charge in [0.15, 0.2) is 11.5 Å². The lowest BCUT2D eigenvalue weighted by molar-refractivity contribution is 0.262. The summed E-state index contributed by atoms with van der Waals surface area (Å²) in [4.78, 5) is 34.1. The zero-order valence-corrected chi connectivity index (χ0v) is 11.1. The van der Waals surface area contributed by atoms with Gasteiger partial charge in [0.1, 0.15) is 11.8 Å². The molecule has 0 saturated carbocycles. The van der Waals surface area contributed by atoms with Gasteiger partial charge in [0.25, 0.3) is 0 Å². The highest BCUT2D eigenvalue weighted by Crippen LogP contribution is 2.15. The first-order valence-electron chi connectivity index (χ1n) is 6.18. The Morgan fingerprint density at radius 1 is 1.19 bits per heavy atom. The molecule has 8 heteroatoms. The Kier molecular flexibility index (Phi) is 3.11. The molecule has 2 heterocycles. The van der Waals surface area contributed by atoms with E-state index in [2.05, 4.69) is 25.6 Å². The number of carbonyl (C=O) groups excluding carboxylic acids is 1. The molecule has 0 unspecified atom stereocenters. The second kappa shape index (κ2) is 5.08. The van der Waals surface area contributed by atoms with E-state index in [1.54, 1.807) is 19.2 Å². The molecule has 0 fully saturated rings. The minimum Gasteiger partial charge on any atom is -0.308 e. The zero-order chi connectivity index (χ0) is 14.8. The van der Waals surface area contributed by atoms with Gasteiger partial charge >= 0.3 is 11.7 Å². The molecular formula is C13H12N6O2. The van der Waals surface area contributed by atoms with Gasteiger partial charge in [-0.05, 0) is 12.1 Å². The fourth-order valence-corrected chi connectivity index (χ4v) is 1.92. The molecular weight excluding hydrogens is 272 g/mol. The molecule has 0 radical (unpaired) electrons. The summed E-state index contributed by atoms with van der Waals surface area (Å²) in [7, 11) is 1.59. The molecule has 21 heavy (non-hydrogen) atoms. The minimum absolute atomic E-state index is 0.242. The van der Waals surface area contributed by atoms with E-state index in [0.717, 1.165) is 0 Å². The maximum absolute atomic E-state index is 11.9. The Hall–Kier alpha value is -3.16. The highest BCUT2D eigenvalue weighted by molar-refractivity contribution is 6.02. The monoisotopic (exact) mass is 284 g/mol. The Morgan fingerprint density at radius 3 is 2.71 bits per heavy atom. The Bertz CT molecular complexity index is 852. The maximum Gasteiger partial charge on any atom is 0.327 e. The number of nitrogens with zero attached hydrogens (tertiary/aromatic N) is 3. The third kappa shape index (κ3) is 2.46. The summed E-state index contributed by atoms with van der Waals surface area (Å²) in [5.41, 5.74) is 1.14. The quantitative estimate of drug-likeness (QED) is 0.659. The van der Waals surface area contributed by atoms with E-state index in [0.29, 0.717) is 16.9 Å². The van der Waals surface area contributed by atoms with Crippen molar-refractivity contribution in [1.82, 2.24) is 19.5 Å². The van der Waals surface area contributed by atoms with Gasteiger partial charge in [-0.3, -0.25) is 9.88 Å². The lowest BCUT2D eigenvalue weighted by atomic mass is 10.3. The first kappa shape index (κ1) is 12.9. The molecule has 0 spiro atoms. The number of imidazole rings is 1. The van der Waals surface area contributed by atoms with E-state index in [1.165, 1.54) is 10.9 Å². The zero-order valence-electron chi connectivity index (χ0n) is 11.1. The number of urea groups is 1. The van der Waals surface area contributed by atoms with Crippen LogP contribution in [0.5, 0.6) is 0 Å². The van der Waals surface area contributed by atoms with Crippen LogP contribution in [-0.2, 0) is 7.05 Å². The van der Waals surface area contributed by atoms with Crippen molar-refractivity contribution >= 4 is 28.7 Å². The van der Waals surface area contributed by atoms with Crippen molar-refractivity contribution in [3.63, 3.8) is 0 Å². The van der Waals surface area contributed by atoms with Crippen molar-refractivity contribution in [3.8, 4) is 0 Å². The topological polar surface area (TPSA) is 105 Å². The molecule has 0 bridgehead atoms. The number of aromatic amines is 1. The van der Waals surface area contributed by atoms with Crippen LogP contribution in [0.2, 0.25) is 0 Å². The van der Waals surface area contributed by atoms with Crippen LogP contribution < -0.4 is 16.3 Å². The predicted molar refractivity (Wildman–Crippen MR) is 78.2 cm³/mol. The number of rotatable bonds is 2. The van der Waals surface area contributed by atoms with E-state index < -0.39 is 6.03 Å². The second-order valence-electron chi connectivity index (χ2n) is 4.36. The summed E-state index contributed by atoms with van der Waals surface area (Å²) in [5.74, 6) is 0.242. The highest BCUT2D eigenvalue weighted by Gasteiger charge is 2.12. The van der Waals surface area contributed by atoms with E-state index >= 15 is 0 Å². The van der Waals surface area contributed by atoms with Crippen LogP contribution >= 0.6 is 0 Å². The van der Waals surface area contributed by atoms with Crippen LogP contribution in [-0.4, -0.2) is 25.6 Å². The molecule has 0 atom stereocenters. The Labute approximate surface area is 118 Å². The molecule has 0 saturated heterocycles. The average molecular weight is 284 g/mol. The van der Waals surface area contributed by atoms with Crippen molar-refractivity contribution in [2.75, 3.05) is 10.6 Å². The molecule has 106 valence electrons. The Balaban J connectivity index is 1.87. The average Bonchev–Trinajstić information content (AvgIpc) is 2.77. The Morgan fingerprint density at radius 2 is 1.95 bits per heavy atom. The van der Waals surface area contributed by atoms with Crippen LogP contribution in [0.1, 0.15) is 0 Å². The van der Waals surface area contributed by atoms with Gasteiger partial charge in [0.05, 0.1) is 0 Å². The molecule has 3 aromatic rings. The number of carbonyl (C=O) groups is 1. The van der Waals surface area contributed by atoms with Gasteiger partial charge in [-0.15, -0.1) is 0 Å². The van der Waals surface area contributed by atoms with Crippen molar-refractivity contribution in [2.24, 2.45) is 7.05 Å². The number of amides is 2. The normalized spacial score (nSPS) is 10.5. The van der Waals surface area contributed by atoms with Crippen LogP contribution in [0, 0.1) is 0 Å². The number of para-hydroxylation sites is 1. The van der Waals surface area contributed by atoms with Crippen LogP contribution in [0.15, 0.2) is 41.5 Å². The summed E-state index contributed by atoms with van der Waals surface area (Å²) in [6.07, 6.45) is 1.29. The summed E-state index contributed by atoms with van der Waals surface area (Å²) < 4.78 is 1.34. The number of benzene rings is 1. The van der Waals surface area contributed by atoms with Gasteiger partial charge in [-0.1, -0.05) is 18.2 Å². The minimum atomic E-state index is -0.453. The van der Waals surface area contributed by atoms with Crippen LogP contribution in [0.3, 0.4) is 0 Å². The molecule has 8 nitrogen and oxygen atoms in total. The molecule has 0 aliphatic carbocycles. The van der Waals surface area contributed by atoms with E-state index in [9.17, 15) is 9.59 Å². The number of aromatic nitrogens is 4. The summed E-state index contributed by atoms with van der Waals surface area (Å²) in [5, 5.41) is 5.26. The van der Waals surface area contributed by atoms with Gasteiger partial charge < -0.3 is 10.3 Å². The van der Waals surface area contributed by atoms with Gasteiger partial charge in [-0.25, -0.2) is 19.6 Å². The van der Waals surface area contributed by atoms with E-state index in [1.807, 2.05) is 18.2 Å². The highest BCUT2D eigenvalue weighted by atomic mass is 16.2. The molecule has 2 amide bonds. The fourth-order valence-electron chi connectivity index (χ4n) is 1.92. The van der Waals surface area contributed by atoms with E-state index in [-0.39, 0.29) is 11.5 Å². The SMILES string of the molecule is Cn1c(=O)[nH]c2c(NC(=O)Nc3ccccc3)ncnc21.